The maximum atomic E-state index is 13.1. The lowest BCUT2D eigenvalue weighted by Gasteiger charge is -2.17. The average Bonchev–Trinajstić information content (AvgIpc) is 2.65. The van der Waals surface area contributed by atoms with Crippen LogP contribution in [-0.4, -0.2) is 34.5 Å². The Hall–Kier alpha value is -2.59. The van der Waals surface area contributed by atoms with E-state index in [0.717, 1.165) is 23.4 Å². The molecular weight excluding hydrogens is 407 g/mol. The van der Waals surface area contributed by atoms with Crippen LogP contribution in [0.4, 0.5) is 18.9 Å². The van der Waals surface area contributed by atoms with E-state index in [-0.39, 0.29) is 6.54 Å². The first-order valence-corrected chi connectivity index (χ1v) is 10.1. The predicted octanol–water partition coefficient (Wildman–Crippen LogP) is 2.75. The van der Waals surface area contributed by atoms with Crippen molar-refractivity contribution in [2.45, 2.75) is 30.6 Å². The summed E-state index contributed by atoms with van der Waals surface area (Å²) in [6, 6.07) is 9.89. The Kier molecular flexibility index (Phi) is 6.91. The zero-order valence-corrected chi connectivity index (χ0v) is 16.9. The summed E-state index contributed by atoms with van der Waals surface area (Å²) in [5.41, 5.74) is 0.479. The number of rotatable bonds is 7. The van der Waals surface area contributed by atoms with E-state index in [9.17, 15) is 26.4 Å². The fourth-order valence-electron chi connectivity index (χ4n) is 2.54. The smallest absolute Gasteiger partial charge is 0.378 e. The van der Waals surface area contributed by atoms with Gasteiger partial charge < -0.3 is 10.2 Å². The zero-order chi connectivity index (χ0) is 21.8. The van der Waals surface area contributed by atoms with Gasteiger partial charge in [0.05, 0.1) is 16.5 Å². The number of alkyl halides is 3. The lowest BCUT2D eigenvalue weighted by atomic mass is 10.2. The highest BCUT2D eigenvalue weighted by molar-refractivity contribution is 7.89. The quantitative estimate of drug-likeness (QED) is 0.710. The summed E-state index contributed by atoms with van der Waals surface area (Å²) in [5, 5.41) is 2.56. The lowest BCUT2D eigenvalue weighted by molar-refractivity contribution is -0.139. The van der Waals surface area contributed by atoms with Gasteiger partial charge in [0, 0.05) is 26.3 Å². The third kappa shape index (κ3) is 5.94. The number of amides is 1. The molecule has 1 atom stereocenters. The standard InChI is InChI=1S/C19H22F3N3O3S/c1-13(18(26)23-12-14-8-10-15(11-9-14)25(2)3)24-29(27,28)17-7-5-4-6-16(17)19(20,21)22/h4-11,13,24H,12H2,1-3H3,(H,23,26)/t13-/m1/s1. The highest BCUT2D eigenvalue weighted by Crippen LogP contribution is 2.33. The van der Waals surface area contributed by atoms with Crippen LogP contribution in [-0.2, 0) is 27.5 Å². The van der Waals surface area contributed by atoms with Crippen molar-refractivity contribution in [3.8, 4) is 0 Å². The van der Waals surface area contributed by atoms with Crippen LogP contribution in [0.15, 0.2) is 53.4 Å². The number of sulfonamides is 1. The number of hydrogen-bond donors (Lipinski definition) is 2. The van der Waals surface area contributed by atoms with Gasteiger partial charge in [0.15, 0.2) is 0 Å². The minimum absolute atomic E-state index is 0.151. The molecule has 158 valence electrons. The molecule has 0 unspecified atom stereocenters. The minimum atomic E-state index is -4.84. The molecule has 1 amide bonds. The van der Waals surface area contributed by atoms with Crippen molar-refractivity contribution in [2.24, 2.45) is 0 Å². The van der Waals surface area contributed by atoms with E-state index >= 15 is 0 Å². The number of anilines is 1. The molecule has 0 saturated heterocycles. The Labute approximate surface area is 167 Å². The number of halogens is 3. The molecule has 0 spiro atoms. The highest BCUT2D eigenvalue weighted by Gasteiger charge is 2.37. The maximum absolute atomic E-state index is 13.1. The molecule has 0 aliphatic carbocycles. The number of benzene rings is 2. The SMILES string of the molecule is C[C@@H](NS(=O)(=O)c1ccccc1C(F)(F)F)C(=O)NCc1ccc(N(C)C)cc1. The maximum Gasteiger partial charge on any atom is 0.417 e. The summed E-state index contributed by atoms with van der Waals surface area (Å²) < 4.78 is 66.0. The van der Waals surface area contributed by atoms with Gasteiger partial charge in [0.2, 0.25) is 15.9 Å². The number of hydrogen-bond acceptors (Lipinski definition) is 4. The highest BCUT2D eigenvalue weighted by atomic mass is 32.2. The van der Waals surface area contributed by atoms with Crippen LogP contribution >= 0.6 is 0 Å². The summed E-state index contributed by atoms with van der Waals surface area (Å²) in [7, 11) is -0.772. The van der Waals surface area contributed by atoms with E-state index in [1.165, 1.54) is 13.0 Å². The fraction of sp³-hybridized carbons (Fsp3) is 0.316. The second-order valence-corrected chi connectivity index (χ2v) is 8.30. The molecule has 0 aliphatic heterocycles. The second-order valence-electron chi connectivity index (χ2n) is 6.62. The van der Waals surface area contributed by atoms with Gasteiger partial charge in [0.1, 0.15) is 0 Å². The number of carbonyl (C=O) groups is 1. The molecule has 0 fully saturated rings. The first-order valence-electron chi connectivity index (χ1n) is 8.64. The third-order valence-corrected chi connectivity index (χ3v) is 5.73. The van der Waals surface area contributed by atoms with Gasteiger partial charge in [-0.2, -0.15) is 17.9 Å². The Morgan fingerprint density at radius 2 is 1.66 bits per heavy atom. The van der Waals surface area contributed by atoms with Gasteiger partial charge in [-0.05, 0) is 36.8 Å². The van der Waals surface area contributed by atoms with Gasteiger partial charge >= 0.3 is 6.18 Å². The molecule has 10 heteroatoms. The second kappa shape index (κ2) is 8.83. The Morgan fingerprint density at radius 1 is 1.07 bits per heavy atom. The summed E-state index contributed by atoms with van der Waals surface area (Å²) in [6.07, 6.45) is -4.84. The van der Waals surface area contributed by atoms with E-state index in [0.29, 0.717) is 6.07 Å². The van der Waals surface area contributed by atoms with E-state index in [1.807, 2.05) is 48.0 Å². The van der Waals surface area contributed by atoms with E-state index in [2.05, 4.69) is 5.32 Å². The number of nitrogens with zero attached hydrogens (tertiary/aromatic N) is 1. The van der Waals surface area contributed by atoms with Gasteiger partial charge in [0.25, 0.3) is 0 Å². The molecule has 2 aromatic rings. The monoisotopic (exact) mass is 429 g/mol. The van der Waals surface area contributed by atoms with Crippen LogP contribution in [0.25, 0.3) is 0 Å². The van der Waals surface area contributed by atoms with Crippen LogP contribution in [0.2, 0.25) is 0 Å². The van der Waals surface area contributed by atoms with Gasteiger partial charge in [-0.1, -0.05) is 24.3 Å². The molecule has 0 aliphatic rings. The van der Waals surface area contributed by atoms with E-state index in [1.54, 1.807) is 0 Å². The average molecular weight is 429 g/mol. The molecule has 0 bridgehead atoms. The van der Waals surface area contributed by atoms with E-state index < -0.39 is 38.6 Å². The molecule has 0 saturated carbocycles. The van der Waals surface area contributed by atoms with Crippen molar-refractivity contribution in [1.82, 2.24) is 10.0 Å². The van der Waals surface area contributed by atoms with Crippen molar-refractivity contribution in [3.63, 3.8) is 0 Å². The molecule has 0 radical (unpaired) electrons. The first kappa shape index (κ1) is 22.7. The summed E-state index contributed by atoms with van der Waals surface area (Å²) in [6.45, 7) is 1.41. The Bertz CT molecular complexity index is 959. The summed E-state index contributed by atoms with van der Waals surface area (Å²) in [4.78, 5) is 13.2. The topological polar surface area (TPSA) is 78.5 Å². The zero-order valence-electron chi connectivity index (χ0n) is 16.1. The Balaban J connectivity index is 2.05. The number of carbonyl (C=O) groups excluding carboxylic acids is 1. The largest absolute Gasteiger partial charge is 0.417 e. The summed E-state index contributed by atoms with van der Waals surface area (Å²) in [5.74, 6) is -0.658. The molecule has 2 N–H and O–H groups in total. The molecule has 2 aromatic carbocycles. The molecule has 29 heavy (non-hydrogen) atoms. The molecule has 2 rings (SSSR count). The normalized spacial score (nSPS) is 13.0. The van der Waals surface area contributed by atoms with Crippen molar-refractivity contribution >= 4 is 21.6 Å². The van der Waals surface area contributed by atoms with E-state index in [4.69, 9.17) is 0 Å². The van der Waals surface area contributed by atoms with Crippen LogP contribution < -0.4 is 14.9 Å². The summed E-state index contributed by atoms with van der Waals surface area (Å²) >= 11 is 0. The third-order valence-electron chi connectivity index (χ3n) is 4.13. The van der Waals surface area contributed by atoms with Crippen LogP contribution in [0.3, 0.4) is 0 Å². The Morgan fingerprint density at radius 3 is 2.21 bits per heavy atom. The van der Waals surface area contributed by atoms with Gasteiger partial charge in [-0.15, -0.1) is 0 Å². The van der Waals surface area contributed by atoms with Crippen molar-refractivity contribution in [3.05, 3.63) is 59.7 Å². The molecule has 0 aromatic heterocycles. The van der Waals surface area contributed by atoms with Crippen LogP contribution in [0, 0.1) is 0 Å². The fourth-order valence-corrected chi connectivity index (χ4v) is 3.97. The van der Waals surface area contributed by atoms with Gasteiger partial charge in [-0.3, -0.25) is 4.79 Å². The lowest BCUT2D eigenvalue weighted by Crippen LogP contribution is -2.44. The minimum Gasteiger partial charge on any atom is -0.378 e. The van der Waals surface area contributed by atoms with Crippen molar-refractivity contribution in [2.75, 3.05) is 19.0 Å². The predicted molar refractivity (Wildman–Crippen MR) is 104 cm³/mol. The van der Waals surface area contributed by atoms with Crippen LogP contribution in [0.1, 0.15) is 18.1 Å². The van der Waals surface area contributed by atoms with Crippen molar-refractivity contribution in [1.29, 1.82) is 0 Å². The first-order chi connectivity index (χ1) is 13.4. The number of nitrogens with one attached hydrogen (secondary N) is 2. The molecular formula is C19H22F3N3O3S. The van der Waals surface area contributed by atoms with Crippen LogP contribution in [0.5, 0.6) is 0 Å². The van der Waals surface area contributed by atoms with Gasteiger partial charge in [-0.25, -0.2) is 8.42 Å². The van der Waals surface area contributed by atoms with Crippen molar-refractivity contribution < 1.29 is 26.4 Å². The molecule has 6 nitrogen and oxygen atoms in total. The molecule has 0 heterocycles.